The summed E-state index contributed by atoms with van der Waals surface area (Å²) >= 11 is 6.00. The first-order chi connectivity index (χ1) is 15.4. The molecular formula is C23H32ClN5O3. The molecule has 0 N–H and O–H groups in total. The van der Waals surface area contributed by atoms with Gasteiger partial charge in [0.15, 0.2) is 0 Å². The molecule has 0 spiro atoms. The Bertz CT molecular complexity index is 897. The second-order valence-electron chi connectivity index (χ2n) is 8.87. The van der Waals surface area contributed by atoms with Gasteiger partial charge in [-0.3, -0.25) is 14.4 Å². The molecule has 0 radical (unpaired) electrons. The summed E-state index contributed by atoms with van der Waals surface area (Å²) in [6.45, 7) is 6.35. The van der Waals surface area contributed by atoms with Crippen molar-refractivity contribution in [2.24, 2.45) is 7.05 Å². The number of amides is 1. The molecule has 8 nitrogen and oxygen atoms in total. The van der Waals surface area contributed by atoms with E-state index in [0.29, 0.717) is 37.0 Å². The maximum Gasteiger partial charge on any atom is 0.225 e. The summed E-state index contributed by atoms with van der Waals surface area (Å²) in [6.07, 6.45) is 4.21. The van der Waals surface area contributed by atoms with Crippen LogP contribution in [0.15, 0.2) is 36.7 Å². The van der Waals surface area contributed by atoms with Crippen LogP contribution in [-0.2, 0) is 23.1 Å². The van der Waals surface area contributed by atoms with Crippen LogP contribution in [0.2, 0.25) is 5.02 Å². The zero-order chi connectivity index (χ0) is 22.6. The molecule has 2 saturated heterocycles. The predicted octanol–water partition coefficient (Wildman–Crippen LogP) is 1.89. The van der Waals surface area contributed by atoms with E-state index in [0.717, 1.165) is 44.8 Å². The average Bonchev–Trinajstić information content (AvgIpc) is 3.18. The molecular weight excluding hydrogens is 430 g/mol. The molecule has 0 bridgehead atoms. The van der Waals surface area contributed by atoms with E-state index in [9.17, 15) is 4.79 Å². The largest absolute Gasteiger partial charge is 0.491 e. The lowest BCUT2D eigenvalue weighted by Gasteiger charge is -2.43. The summed E-state index contributed by atoms with van der Waals surface area (Å²) in [6, 6.07) is 7.29. The number of benzene rings is 1. The van der Waals surface area contributed by atoms with Crippen molar-refractivity contribution in [3.05, 3.63) is 47.2 Å². The van der Waals surface area contributed by atoms with E-state index in [1.54, 1.807) is 12.1 Å². The fourth-order valence-corrected chi connectivity index (χ4v) is 4.43. The quantitative estimate of drug-likeness (QED) is 0.627. The van der Waals surface area contributed by atoms with E-state index in [4.69, 9.17) is 21.1 Å². The summed E-state index contributed by atoms with van der Waals surface area (Å²) < 4.78 is 14.2. The van der Waals surface area contributed by atoms with Gasteiger partial charge in [-0.1, -0.05) is 11.6 Å². The molecule has 1 aromatic heterocycles. The molecule has 4 rings (SSSR count). The van der Waals surface area contributed by atoms with Crippen LogP contribution in [0.4, 0.5) is 0 Å². The van der Waals surface area contributed by atoms with Crippen molar-refractivity contribution in [2.45, 2.75) is 18.6 Å². The number of rotatable bonds is 7. The van der Waals surface area contributed by atoms with Gasteiger partial charge >= 0.3 is 0 Å². The maximum absolute atomic E-state index is 13.2. The molecule has 3 heterocycles. The third-order valence-electron chi connectivity index (χ3n) is 6.14. The maximum atomic E-state index is 13.2. The van der Waals surface area contributed by atoms with Crippen LogP contribution in [0.25, 0.3) is 0 Å². The number of carbonyl (C=O) groups excluding carboxylic acids is 1. The summed E-state index contributed by atoms with van der Waals surface area (Å²) in [4.78, 5) is 19.7. The minimum atomic E-state index is -0.708. The van der Waals surface area contributed by atoms with E-state index in [1.807, 2.05) is 41.2 Å². The normalized spacial score (nSPS) is 22.8. The van der Waals surface area contributed by atoms with Crippen LogP contribution < -0.4 is 4.74 Å². The molecule has 32 heavy (non-hydrogen) atoms. The van der Waals surface area contributed by atoms with Gasteiger partial charge < -0.3 is 19.3 Å². The second kappa shape index (κ2) is 10.2. The fourth-order valence-electron chi connectivity index (χ4n) is 4.30. The number of piperazine rings is 1. The first-order valence-corrected chi connectivity index (χ1v) is 11.5. The number of hydrogen-bond donors (Lipinski definition) is 0. The summed E-state index contributed by atoms with van der Waals surface area (Å²) in [7, 11) is 4.01. The van der Waals surface area contributed by atoms with E-state index < -0.39 is 5.60 Å². The van der Waals surface area contributed by atoms with Gasteiger partial charge in [0.25, 0.3) is 0 Å². The number of nitrogens with zero attached hydrogens (tertiary/aromatic N) is 5. The van der Waals surface area contributed by atoms with Crippen LogP contribution in [0.1, 0.15) is 12.0 Å². The highest BCUT2D eigenvalue weighted by Crippen LogP contribution is 2.27. The molecule has 2 aliphatic heterocycles. The van der Waals surface area contributed by atoms with Crippen LogP contribution in [0.5, 0.6) is 5.75 Å². The lowest BCUT2D eigenvalue weighted by molar-refractivity contribution is -0.157. The Morgan fingerprint density at radius 1 is 1.16 bits per heavy atom. The average molecular weight is 462 g/mol. The molecule has 174 valence electrons. The Morgan fingerprint density at radius 2 is 1.91 bits per heavy atom. The predicted molar refractivity (Wildman–Crippen MR) is 123 cm³/mol. The molecule has 1 atom stereocenters. The summed E-state index contributed by atoms with van der Waals surface area (Å²) in [5.74, 6) is 0.842. The third kappa shape index (κ3) is 6.01. The Hall–Kier alpha value is -2.13. The van der Waals surface area contributed by atoms with Gasteiger partial charge in [0.05, 0.1) is 19.2 Å². The zero-order valence-electron chi connectivity index (χ0n) is 18.9. The van der Waals surface area contributed by atoms with Gasteiger partial charge in [0.1, 0.15) is 18.0 Å². The standard InChI is InChI=1S/C23H32ClN5O3/c1-26-7-9-29(10-8-26)22(30)13-23(18-31-21-5-3-20(24)4-6-21)17-28(11-12-32-23)16-19-14-25-27(2)15-19/h3-6,14-15H,7-13,16-18H2,1-2H3/t23-/m1/s1. The molecule has 0 aliphatic carbocycles. The van der Waals surface area contributed by atoms with Crippen LogP contribution in [-0.4, -0.2) is 95.5 Å². The van der Waals surface area contributed by atoms with Gasteiger partial charge in [-0.25, -0.2) is 0 Å². The number of likely N-dealkylation sites (N-methyl/N-ethyl adjacent to an activating group) is 1. The van der Waals surface area contributed by atoms with Crippen LogP contribution in [0.3, 0.4) is 0 Å². The minimum absolute atomic E-state index is 0.126. The molecule has 0 saturated carbocycles. The molecule has 2 aliphatic rings. The Balaban J connectivity index is 1.47. The summed E-state index contributed by atoms with van der Waals surface area (Å²) in [5, 5.41) is 4.94. The molecule has 1 aromatic carbocycles. The Kier molecular flexibility index (Phi) is 7.35. The van der Waals surface area contributed by atoms with E-state index in [1.165, 1.54) is 0 Å². The van der Waals surface area contributed by atoms with Gasteiger partial charge in [0.2, 0.25) is 5.91 Å². The fraction of sp³-hybridized carbons (Fsp3) is 0.565. The van der Waals surface area contributed by atoms with Crippen molar-refractivity contribution in [3.63, 3.8) is 0 Å². The number of halogens is 1. The first kappa shape index (κ1) is 23.0. The number of morpholine rings is 1. The van der Waals surface area contributed by atoms with Crippen molar-refractivity contribution < 1.29 is 14.3 Å². The highest BCUT2D eigenvalue weighted by atomic mass is 35.5. The van der Waals surface area contributed by atoms with Gasteiger partial charge in [-0.15, -0.1) is 0 Å². The molecule has 1 amide bonds. The molecule has 2 fully saturated rings. The summed E-state index contributed by atoms with van der Waals surface area (Å²) in [5.41, 5.74) is 0.438. The number of ether oxygens (including phenoxy) is 2. The highest BCUT2D eigenvalue weighted by molar-refractivity contribution is 6.30. The van der Waals surface area contributed by atoms with E-state index in [2.05, 4.69) is 21.9 Å². The van der Waals surface area contributed by atoms with E-state index >= 15 is 0 Å². The molecule has 2 aromatic rings. The second-order valence-corrected chi connectivity index (χ2v) is 9.30. The SMILES string of the molecule is CN1CCN(C(=O)C[C@]2(COc3ccc(Cl)cc3)CN(Cc3cnn(C)c3)CCO2)CC1. The first-order valence-electron chi connectivity index (χ1n) is 11.1. The highest BCUT2D eigenvalue weighted by Gasteiger charge is 2.41. The lowest BCUT2D eigenvalue weighted by Crippen LogP contribution is -2.58. The number of aryl methyl sites for hydroxylation is 1. The van der Waals surface area contributed by atoms with Gasteiger partial charge in [-0.2, -0.15) is 5.10 Å². The topological polar surface area (TPSA) is 63.1 Å². The lowest BCUT2D eigenvalue weighted by atomic mass is 9.96. The van der Waals surface area contributed by atoms with Crippen LogP contribution in [0, 0.1) is 0 Å². The molecule has 0 unspecified atom stereocenters. The third-order valence-corrected chi connectivity index (χ3v) is 6.39. The minimum Gasteiger partial charge on any atom is -0.491 e. The monoisotopic (exact) mass is 461 g/mol. The van der Waals surface area contributed by atoms with Gasteiger partial charge in [0, 0.05) is 69.6 Å². The van der Waals surface area contributed by atoms with Crippen molar-refractivity contribution in [2.75, 3.05) is 59.5 Å². The number of aromatic nitrogens is 2. The van der Waals surface area contributed by atoms with Crippen molar-refractivity contribution in [1.29, 1.82) is 0 Å². The van der Waals surface area contributed by atoms with Crippen molar-refractivity contribution in [1.82, 2.24) is 24.5 Å². The number of carbonyl (C=O) groups is 1. The van der Waals surface area contributed by atoms with Crippen LogP contribution >= 0.6 is 11.6 Å². The Morgan fingerprint density at radius 3 is 2.59 bits per heavy atom. The smallest absolute Gasteiger partial charge is 0.225 e. The van der Waals surface area contributed by atoms with Crippen molar-refractivity contribution >= 4 is 17.5 Å². The molecule has 9 heteroatoms. The van der Waals surface area contributed by atoms with E-state index in [-0.39, 0.29) is 5.91 Å². The van der Waals surface area contributed by atoms with Crippen molar-refractivity contribution in [3.8, 4) is 5.75 Å². The zero-order valence-corrected chi connectivity index (χ0v) is 19.6. The Labute approximate surface area is 194 Å². The van der Waals surface area contributed by atoms with Gasteiger partial charge in [-0.05, 0) is 31.3 Å². The number of hydrogen-bond acceptors (Lipinski definition) is 6.